The van der Waals surface area contributed by atoms with Crippen LogP contribution in [0.1, 0.15) is 31.3 Å². The van der Waals surface area contributed by atoms with Gasteiger partial charge in [0.1, 0.15) is 23.6 Å². The van der Waals surface area contributed by atoms with Crippen LogP contribution < -0.4 is 21.1 Å². The Morgan fingerprint density at radius 2 is 1.73 bits per heavy atom. The Balaban J connectivity index is 1.79. The number of hydrogen-bond acceptors (Lipinski definition) is 5. The Morgan fingerprint density at radius 3 is 2.27 bits per heavy atom. The maximum atomic E-state index is 14.1. The molecule has 9 nitrogen and oxygen atoms in total. The van der Waals surface area contributed by atoms with E-state index in [2.05, 4.69) is 20.4 Å². The van der Waals surface area contributed by atoms with Gasteiger partial charge in [-0.15, -0.1) is 13.2 Å². The lowest BCUT2D eigenvalue weighted by Crippen LogP contribution is -2.25. The zero-order chi connectivity index (χ0) is 24.3. The second-order valence-electron chi connectivity index (χ2n) is 6.45. The van der Waals surface area contributed by atoms with E-state index in [4.69, 9.17) is 5.73 Å². The van der Waals surface area contributed by atoms with Crippen molar-refractivity contribution in [3.05, 3.63) is 71.6 Å². The van der Waals surface area contributed by atoms with Crippen LogP contribution in [0, 0.1) is 5.82 Å². The fourth-order valence-corrected chi connectivity index (χ4v) is 2.85. The van der Waals surface area contributed by atoms with Crippen molar-refractivity contribution in [2.45, 2.75) is 6.36 Å². The van der Waals surface area contributed by atoms with Gasteiger partial charge in [-0.2, -0.15) is 0 Å². The molecule has 0 aliphatic heterocycles. The molecule has 33 heavy (non-hydrogen) atoms. The number of alkyl halides is 3. The Bertz CT molecular complexity index is 1220. The van der Waals surface area contributed by atoms with Crippen molar-refractivity contribution in [3.63, 3.8) is 0 Å². The van der Waals surface area contributed by atoms with Crippen LogP contribution in [-0.4, -0.2) is 40.7 Å². The molecular weight excluding hydrogens is 450 g/mol. The molecule has 4 N–H and O–H groups in total. The zero-order valence-electron chi connectivity index (χ0n) is 16.7. The molecule has 0 radical (unpaired) electrons. The lowest BCUT2D eigenvalue weighted by Gasteiger charge is -2.11. The standard InChI is InChI=1S/C20H15F4N5O4/c1-26-19(32)15-16(17(25)30)29(9-27-15)11-4-2-10(3-5-11)28-18(31)13-7-6-12(8-14(13)21)33-20(22,23)24/h2-9H,1H3,(H2,25,30)(H,26,32)(H,28,31). The van der Waals surface area contributed by atoms with Gasteiger partial charge >= 0.3 is 6.36 Å². The number of halogens is 4. The summed E-state index contributed by atoms with van der Waals surface area (Å²) in [4.78, 5) is 39.9. The van der Waals surface area contributed by atoms with Crippen LogP contribution in [0.15, 0.2) is 48.8 Å². The number of nitrogens with one attached hydrogen (secondary N) is 2. The van der Waals surface area contributed by atoms with Crippen molar-refractivity contribution in [1.29, 1.82) is 0 Å². The molecule has 0 saturated carbocycles. The third-order valence-corrected chi connectivity index (χ3v) is 4.27. The Labute approximate surface area is 183 Å². The van der Waals surface area contributed by atoms with E-state index in [1.807, 2.05) is 0 Å². The summed E-state index contributed by atoms with van der Waals surface area (Å²) in [6, 6.07) is 7.86. The van der Waals surface area contributed by atoms with Crippen LogP contribution in [0.4, 0.5) is 23.2 Å². The highest BCUT2D eigenvalue weighted by Gasteiger charge is 2.31. The number of aromatic nitrogens is 2. The van der Waals surface area contributed by atoms with Crippen LogP contribution in [0.5, 0.6) is 5.75 Å². The Hall–Kier alpha value is -4.42. The quantitative estimate of drug-likeness (QED) is 0.482. The maximum absolute atomic E-state index is 14.1. The Kier molecular flexibility index (Phi) is 6.33. The van der Waals surface area contributed by atoms with Gasteiger partial charge in [-0.3, -0.25) is 19.0 Å². The zero-order valence-corrected chi connectivity index (χ0v) is 16.7. The minimum absolute atomic E-state index is 0.158. The molecule has 2 aromatic carbocycles. The van der Waals surface area contributed by atoms with Crippen molar-refractivity contribution < 1.29 is 36.7 Å². The molecule has 0 aliphatic rings. The average Bonchev–Trinajstić information content (AvgIpc) is 3.18. The molecule has 3 rings (SSSR count). The summed E-state index contributed by atoms with van der Waals surface area (Å²) in [5.74, 6) is -4.43. The summed E-state index contributed by atoms with van der Waals surface area (Å²) in [6.45, 7) is 0. The van der Waals surface area contributed by atoms with E-state index >= 15 is 0 Å². The number of hydrogen-bond donors (Lipinski definition) is 3. The molecule has 1 aromatic heterocycles. The number of ether oxygens (including phenoxy) is 1. The van der Waals surface area contributed by atoms with Crippen molar-refractivity contribution in [1.82, 2.24) is 14.9 Å². The molecule has 0 bridgehead atoms. The number of carbonyl (C=O) groups is 3. The van der Waals surface area contributed by atoms with Crippen LogP contribution in [-0.2, 0) is 0 Å². The van der Waals surface area contributed by atoms with Crippen molar-refractivity contribution in [3.8, 4) is 11.4 Å². The third kappa shape index (κ3) is 5.26. The number of nitrogens with two attached hydrogens (primary N) is 1. The molecule has 3 amide bonds. The molecule has 0 unspecified atom stereocenters. The second-order valence-corrected chi connectivity index (χ2v) is 6.45. The number of amides is 3. The topological polar surface area (TPSA) is 128 Å². The fourth-order valence-electron chi connectivity index (χ4n) is 2.85. The van der Waals surface area contributed by atoms with E-state index in [1.54, 1.807) is 0 Å². The molecule has 172 valence electrons. The van der Waals surface area contributed by atoms with Gasteiger partial charge in [-0.05, 0) is 36.4 Å². The molecule has 0 aliphatic carbocycles. The normalized spacial score (nSPS) is 11.1. The lowest BCUT2D eigenvalue weighted by molar-refractivity contribution is -0.274. The monoisotopic (exact) mass is 465 g/mol. The SMILES string of the molecule is CNC(=O)c1ncn(-c2ccc(NC(=O)c3ccc(OC(F)(F)F)cc3F)cc2)c1C(N)=O. The molecule has 0 saturated heterocycles. The van der Waals surface area contributed by atoms with Crippen LogP contribution in [0.25, 0.3) is 5.69 Å². The highest BCUT2D eigenvalue weighted by molar-refractivity contribution is 6.05. The number of rotatable bonds is 6. The average molecular weight is 465 g/mol. The van der Waals surface area contributed by atoms with Gasteiger partial charge < -0.3 is 21.1 Å². The molecule has 3 aromatic rings. The third-order valence-electron chi connectivity index (χ3n) is 4.27. The second kappa shape index (κ2) is 8.98. The van der Waals surface area contributed by atoms with Gasteiger partial charge in [0.2, 0.25) is 0 Å². The first-order valence-corrected chi connectivity index (χ1v) is 9.06. The summed E-state index contributed by atoms with van der Waals surface area (Å²) in [6.07, 6.45) is -3.78. The first-order chi connectivity index (χ1) is 15.5. The van der Waals surface area contributed by atoms with Crippen LogP contribution in [0.2, 0.25) is 0 Å². The number of anilines is 1. The number of nitrogens with zero attached hydrogens (tertiary/aromatic N) is 2. The van der Waals surface area contributed by atoms with E-state index < -0.39 is 41.2 Å². The van der Waals surface area contributed by atoms with Crippen molar-refractivity contribution in [2.75, 3.05) is 12.4 Å². The lowest BCUT2D eigenvalue weighted by atomic mass is 10.1. The minimum atomic E-state index is -5.00. The smallest absolute Gasteiger partial charge is 0.406 e. The number of benzene rings is 2. The Morgan fingerprint density at radius 1 is 1.06 bits per heavy atom. The summed E-state index contributed by atoms with van der Waals surface area (Å²) >= 11 is 0. The van der Waals surface area contributed by atoms with Gasteiger partial charge in [0.05, 0.1) is 5.56 Å². The summed E-state index contributed by atoms with van der Waals surface area (Å²) in [5.41, 5.74) is 5.12. The van der Waals surface area contributed by atoms with E-state index in [0.29, 0.717) is 11.8 Å². The predicted molar refractivity (Wildman–Crippen MR) is 107 cm³/mol. The molecular formula is C20H15F4N5O4. The highest BCUT2D eigenvalue weighted by Crippen LogP contribution is 2.25. The fraction of sp³-hybridized carbons (Fsp3) is 0.100. The van der Waals surface area contributed by atoms with Crippen LogP contribution >= 0.6 is 0 Å². The first-order valence-electron chi connectivity index (χ1n) is 9.06. The van der Waals surface area contributed by atoms with E-state index in [-0.39, 0.29) is 17.1 Å². The minimum Gasteiger partial charge on any atom is -0.406 e. The molecule has 1 heterocycles. The van der Waals surface area contributed by atoms with Gasteiger partial charge in [0.25, 0.3) is 17.7 Å². The van der Waals surface area contributed by atoms with Crippen molar-refractivity contribution >= 4 is 23.4 Å². The van der Waals surface area contributed by atoms with E-state index in [1.165, 1.54) is 42.2 Å². The maximum Gasteiger partial charge on any atom is 0.573 e. The van der Waals surface area contributed by atoms with Crippen LogP contribution in [0.3, 0.4) is 0 Å². The molecule has 0 spiro atoms. The van der Waals surface area contributed by atoms with Gasteiger partial charge in [0.15, 0.2) is 5.69 Å². The molecule has 0 fully saturated rings. The van der Waals surface area contributed by atoms with Gasteiger partial charge in [-0.1, -0.05) is 0 Å². The number of primary amides is 1. The van der Waals surface area contributed by atoms with E-state index in [0.717, 1.165) is 12.1 Å². The van der Waals surface area contributed by atoms with Gasteiger partial charge in [-0.25, -0.2) is 9.37 Å². The van der Waals surface area contributed by atoms with E-state index in [9.17, 15) is 31.9 Å². The summed E-state index contributed by atoms with van der Waals surface area (Å²) in [7, 11) is 1.36. The summed E-state index contributed by atoms with van der Waals surface area (Å²) < 4.78 is 55.6. The molecule has 0 atom stereocenters. The highest BCUT2D eigenvalue weighted by atomic mass is 19.4. The van der Waals surface area contributed by atoms with Crippen molar-refractivity contribution in [2.24, 2.45) is 5.73 Å². The number of imidazole rings is 1. The van der Waals surface area contributed by atoms with Gasteiger partial charge in [0, 0.05) is 24.5 Å². The molecule has 13 heteroatoms. The largest absolute Gasteiger partial charge is 0.573 e. The first kappa shape index (κ1) is 23.2. The summed E-state index contributed by atoms with van der Waals surface area (Å²) in [5, 5.41) is 4.74. The number of carbonyl (C=O) groups excluding carboxylic acids is 3. The predicted octanol–water partition coefficient (Wildman–Crippen LogP) is 2.62.